The molecule has 120 valence electrons. The Morgan fingerprint density at radius 2 is 2.05 bits per heavy atom. The number of rotatable bonds is 7. The van der Waals surface area contributed by atoms with Crippen LogP contribution in [0, 0.1) is 5.41 Å². The van der Waals surface area contributed by atoms with Gasteiger partial charge in [-0.15, -0.1) is 0 Å². The summed E-state index contributed by atoms with van der Waals surface area (Å²) in [6, 6.07) is 1.56. The summed E-state index contributed by atoms with van der Waals surface area (Å²) in [5, 5.41) is 9.33. The molecule has 1 aliphatic carbocycles. The predicted octanol–water partition coefficient (Wildman–Crippen LogP) is 2.25. The molecule has 1 heterocycles. The van der Waals surface area contributed by atoms with Crippen LogP contribution >= 0.6 is 0 Å². The van der Waals surface area contributed by atoms with Gasteiger partial charge >= 0.3 is 0 Å². The van der Waals surface area contributed by atoms with Gasteiger partial charge in [0.2, 0.25) is 10.0 Å². The standard InChI is InChI=1S/C15H26N2O3S/c1-3-8-17-10-14(9-13(17)11-18)21(19,20)16-12-15(2)6-4-5-7-15/h9-10,16,18H,3-8,11-12H2,1-2H3. The molecule has 0 saturated heterocycles. The number of sulfonamides is 1. The number of aryl methyl sites for hydroxylation is 1. The van der Waals surface area contributed by atoms with Crippen molar-refractivity contribution in [2.45, 2.75) is 64.0 Å². The van der Waals surface area contributed by atoms with Crippen LogP contribution in [-0.2, 0) is 23.2 Å². The van der Waals surface area contributed by atoms with E-state index in [1.807, 2.05) is 11.5 Å². The fraction of sp³-hybridized carbons (Fsp3) is 0.733. The molecule has 0 aliphatic heterocycles. The molecule has 0 radical (unpaired) electrons. The molecule has 0 spiro atoms. The second kappa shape index (κ2) is 6.50. The molecular formula is C15H26N2O3S. The number of nitrogens with zero attached hydrogens (tertiary/aromatic N) is 1. The first-order valence-corrected chi connectivity index (χ1v) is 9.18. The molecule has 0 aromatic carbocycles. The largest absolute Gasteiger partial charge is 0.390 e. The third kappa shape index (κ3) is 3.87. The second-order valence-electron chi connectivity index (χ2n) is 6.36. The molecule has 1 fully saturated rings. The molecule has 1 saturated carbocycles. The van der Waals surface area contributed by atoms with Crippen molar-refractivity contribution < 1.29 is 13.5 Å². The Balaban J connectivity index is 2.11. The third-order valence-electron chi connectivity index (χ3n) is 4.40. The van der Waals surface area contributed by atoms with Crippen molar-refractivity contribution in [3.8, 4) is 0 Å². The maximum absolute atomic E-state index is 12.4. The lowest BCUT2D eigenvalue weighted by Crippen LogP contribution is -2.34. The topological polar surface area (TPSA) is 71.3 Å². The summed E-state index contributed by atoms with van der Waals surface area (Å²) in [5.74, 6) is 0. The van der Waals surface area contributed by atoms with Crippen LogP contribution in [0.25, 0.3) is 0 Å². The molecule has 21 heavy (non-hydrogen) atoms. The average molecular weight is 314 g/mol. The van der Waals surface area contributed by atoms with Crippen molar-refractivity contribution in [1.29, 1.82) is 0 Å². The number of hydrogen-bond donors (Lipinski definition) is 2. The summed E-state index contributed by atoms with van der Waals surface area (Å²) in [4.78, 5) is 0.251. The van der Waals surface area contributed by atoms with Crippen molar-refractivity contribution in [1.82, 2.24) is 9.29 Å². The van der Waals surface area contributed by atoms with Crippen LogP contribution in [0.4, 0.5) is 0 Å². The van der Waals surface area contributed by atoms with Gasteiger partial charge < -0.3 is 9.67 Å². The molecule has 0 bridgehead atoms. The van der Waals surface area contributed by atoms with Crippen molar-refractivity contribution in [3.05, 3.63) is 18.0 Å². The SMILES string of the molecule is CCCn1cc(S(=O)(=O)NCC2(C)CCCC2)cc1CO. The highest BCUT2D eigenvalue weighted by Crippen LogP contribution is 2.37. The predicted molar refractivity (Wildman–Crippen MR) is 82.4 cm³/mol. The van der Waals surface area contributed by atoms with Crippen molar-refractivity contribution >= 4 is 10.0 Å². The van der Waals surface area contributed by atoms with Gasteiger partial charge in [0.1, 0.15) is 0 Å². The molecule has 2 rings (SSSR count). The highest BCUT2D eigenvalue weighted by molar-refractivity contribution is 7.89. The fourth-order valence-electron chi connectivity index (χ4n) is 3.01. The van der Waals surface area contributed by atoms with Crippen LogP contribution in [0.2, 0.25) is 0 Å². The molecule has 2 N–H and O–H groups in total. The van der Waals surface area contributed by atoms with Gasteiger partial charge in [0.15, 0.2) is 0 Å². The van der Waals surface area contributed by atoms with Crippen LogP contribution in [0.15, 0.2) is 17.2 Å². The quantitative estimate of drug-likeness (QED) is 0.811. The monoisotopic (exact) mass is 314 g/mol. The third-order valence-corrected chi connectivity index (χ3v) is 5.77. The Morgan fingerprint density at radius 3 is 2.62 bits per heavy atom. The first-order chi connectivity index (χ1) is 9.90. The first-order valence-electron chi connectivity index (χ1n) is 7.70. The summed E-state index contributed by atoms with van der Waals surface area (Å²) in [5.41, 5.74) is 0.725. The van der Waals surface area contributed by atoms with E-state index in [0.29, 0.717) is 18.8 Å². The summed E-state index contributed by atoms with van der Waals surface area (Å²) in [6.07, 6.45) is 7.03. The van der Waals surface area contributed by atoms with Crippen molar-refractivity contribution in [2.24, 2.45) is 5.41 Å². The van der Waals surface area contributed by atoms with Crippen LogP contribution in [-0.4, -0.2) is 24.6 Å². The highest BCUT2D eigenvalue weighted by atomic mass is 32.2. The van der Waals surface area contributed by atoms with Crippen molar-refractivity contribution in [3.63, 3.8) is 0 Å². The number of nitrogens with one attached hydrogen (secondary N) is 1. The minimum atomic E-state index is -3.50. The Labute approximate surface area is 127 Å². The number of aliphatic hydroxyl groups excluding tert-OH is 1. The number of hydrogen-bond acceptors (Lipinski definition) is 3. The molecule has 1 aliphatic rings. The van der Waals surface area contributed by atoms with E-state index >= 15 is 0 Å². The summed E-state index contributed by atoms with van der Waals surface area (Å²) in [7, 11) is -3.50. The molecule has 1 aromatic rings. The van der Waals surface area contributed by atoms with Gasteiger partial charge in [0.25, 0.3) is 0 Å². The van der Waals surface area contributed by atoms with Gasteiger partial charge in [0, 0.05) is 25.0 Å². The lowest BCUT2D eigenvalue weighted by molar-refractivity contribution is 0.270. The molecule has 0 amide bonds. The molecular weight excluding hydrogens is 288 g/mol. The zero-order chi connectivity index (χ0) is 15.5. The Kier molecular flexibility index (Phi) is 5.11. The van der Waals surface area contributed by atoms with Crippen LogP contribution in [0.1, 0.15) is 51.6 Å². The molecule has 0 atom stereocenters. The molecule has 5 nitrogen and oxygen atoms in total. The van der Waals surface area contributed by atoms with Gasteiger partial charge in [0.05, 0.1) is 11.5 Å². The van der Waals surface area contributed by atoms with Crippen LogP contribution < -0.4 is 4.72 Å². The minimum absolute atomic E-state index is 0.0822. The average Bonchev–Trinajstić information content (AvgIpc) is 3.05. The maximum atomic E-state index is 12.4. The Hall–Kier alpha value is -0.850. The summed E-state index contributed by atoms with van der Waals surface area (Å²) in [6.45, 7) is 5.22. The number of aliphatic hydroxyl groups is 1. The molecule has 1 aromatic heterocycles. The van der Waals surface area contributed by atoms with E-state index < -0.39 is 10.0 Å². The van der Waals surface area contributed by atoms with Crippen LogP contribution in [0.3, 0.4) is 0 Å². The number of aromatic nitrogens is 1. The minimum Gasteiger partial charge on any atom is -0.390 e. The second-order valence-corrected chi connectivity index (χ2v) is 8.13. The molecule has 0 unspecified atom stereocenters. The lowest BCUT2D eigenvalue weighted by atomic mass is 9.89. The maximum Gasteiger partial charge on any atom is 0.242 e. The van der Waals surface area contributed by atoms with E-state index in [9.17, 15) is 13.5 Å². The summed E-state index contributed by atoms with van der Waals surface area (Å²) < 4.78 is 29.4. The smallest absolute Gasteiger partial charge is 0.242 e. The lowest BCUT2D eigenvalue weighted by Gasteiger charge is -2.23. The summed E-state index contributed by atoms with van der Waals surface area (Å²) >= 11 is 0. The Morgan fingerprint density at radius 1 is 1.38 bits per heavy atom. The zero-order valence-electron chi connectivity index (χ0n) is 12.9. The van der Waals surface area contributed by atoms with Gasteiger partial charge in [-0.1, -0.05) is 26.7 Å². The van der Waals surface area contributed by atoms with Gasteiger partial charge in [-0.05, 0) is 30.7 Å². The van der Waals surface area contributed by atoms with E-state index in [1.54, 1.807) is 12.3 Å². The van der Waals surface area contributed by atoms with Gasteiger partial charge in [-0.2, -0.15) is 0 Å². The Bertz CT molecular complexity index is 572. The normalized spacial score (nSPS) is 18.2. The highest BCUT2D eigenvalue weighted by Gasteiger charge is 2.30. The fourth-order valence-corrected chi connectivity index (χ4v) is 4.27. The molecule has 6 heteroatoms. The zero-order valence-corrected chi connectivity index (χ0v) is 13.7. The van der Waals surface area contributed by atoms with Gasteiger partial charge in [-0.3, -0.25) is 0 Å². The van der Waals surface area contributed by atoms with E-state index in [-0.39, 0.29) is 16.9 Å². The van der Waals surface area contributed by atoms with E-state index in [1.165, 1.54) is 12.8 Å². The van der Waals surface area contributed by atoms with E-state index in [0.717, 1.165) is 19.3 Å². The first kappa shape index (κ1) is 16.5. The van der Waals surface area contributed by atoms with Gasteiger partial charge in [-0.25, -0.2) is 13.1 Å². The van der Waals surface area contributed by atoms with E-state index in [4.69, 9.17) is 0 Å². The van der Waals surface area contributed by atoms with Crippen LogP contribution in [0.5, 0.6) is 0 Å². The van der Waals surface area contributed by atoms with E-state index in [2.05, 4.69) is 11.6 Å². The van der Waals surface area contributed by atoms with Crippen molar-refractivity contribution in [2.75, 3.05) is 6.54 Å².